The molecule has 0 aliphatic carbocycles. The number of hydrogen-bond acceptors (Lipinski definition) is 5. The van der Waals surface area contributed by atoms with Gasteiger partial charge in [-0.05, 0) is 38.5 Å². The van der Waals surface area contributed by atoms with E-state index in [-0.39, 0.29) is 23.2 Å². The lowest BCUT2D eigenvalue weighted by Gasteiger charge is -2.20. The predicted molar refractivity (Wildman–Crippen MR) is 76.7 cm³/mol. The zero-order chi connectivity index (χ0) is 16.9. The highest BCUT2D eigenvalue weighted by molar-refractivity contribution is 5.91. The van der Waals surface area contributed by atoms with Crippen LogP contribution in [0.15, 0.2) is 12.1 Å². The van der Waals surface area contributed by atoms with E-state index in [0.29, 0.717) is 0 Å². The first-order valence-corrected chi connectivity index (χ1v) is 6.65. The molecule has 6 nitrogen and oxygen atoms in total. The van der Waals surface area contributed by atoms with Crippen LogP contribution < -0.4 is 5.32 Å². The third kappa shape index (κ3) is 5.00. The number of amides is 1. The highest BCUT2D eigenvalue weighted by atomic mass is 19.1. The van der Waals surface area contributed by atoms with Gasteiger partial charge >= 0.3 is 12.1 Å². The van der Waals surface area contributed by atoms with Gasteiger partial charge in [-0.3, -0.25) is 0 Å². The van der Waals surface area contributed by atoms with Gasteiger partial charge in [0.2, 0.25) is 0 Å². The lowest BCUT2D eigenvalue weighted by Crippen LogP contribution is -2.32. The number of benzene rings is 1. The third-order valence-corrected chi connectivity index (χ3v) is 2.67. The highest BCUT2D eigenvalue weighted by Gasteiger charge is 2.18. The van der Waals surface area contributed by atoms with Crippen LogP contribution in [0, 0.1) is 5.82 Å². The van der Waals surface area contributed by atoms with Gasteiger partial charge in [-0.2, -0.15) is 0 Å². The van der Waals surface area contributed by atoms with Crippen LogP contribution in [0.5, 0.6) is 0 Å². The molecule has 0 unspecified atom stereocenters. The molecule has 0 atom stereocenters. The molecule has 22 heavy (non-hydrogen) atoms. The third-order valence-electron chi connectivity index (χ3n) is 2.67. The van der Waals surface area contributed by atoms with E-state index < -0.39 is 30.1 Å². The predicted octanol–water partition coefficient (Wildman–Crippen LogP) is 2.13. The standard InChI is InChI=1S/C15H20FNO5/c1-15(2,3)22-14(20)17-7-9-5-10(8-18)11(6-12(9)16)13(19)21-4/h5-6,18H,7-8H2,1-4H3,(H,17,20). The van der Waals surface area contributed by atoms with Gasteiger partial charge in [0.15, 0.2) is 0 Å². The lowest BCUT2D eigenvalue weighted by molar-refractivity contribution is 0.0521. The Bertz CT molecular complexity index is 566. The number of aliphatic hydroxyl groups excluding tert-OH is 1. The van der Waals surface area contributed by atoms with Gasteiger partial charge in [-0.1, -0.05) is 0 Å². The summed E-state index contributed by atoms with van der Waals surface area (Å²) in [6, 6.07) is 2.28. The van der Waals surface area contributed by atoms with E-state index in [2.05, 4.69) is 10.1 Å². The summed E-state index contributed by atoms with van der Waals surface area (Å²) in [5, 5.41) is 11.7. The van der Waals surface area contributed by atoms with Gasteiger partial charge < -0.3 is 19.9 Å². The van der Waals surface area contributed by atoms with Crippen LogP contribution in [0.1, 0.15) is 42.3 Å². The van der Waals surface area contributed by atoms with E-state index in [1.807, 2.05) is 0 Å². The maximum atomic E-state index is 14.0. The van der Waals surface area contributed by atoms with Gasteiger partial charge in [0, 0.05) is 12.1 Å². The van der Waals surface area contributed by atoms with Gasteiger partial charge in [0.05, 0.1) is 19.3 Å². The van der Waals surface area contributed by atoms with Crippen LogP contribution in [-0.4, -0.2) is 29.9 Å². The number of methoxy groups -OCH3 is 1. The molecule has 1 aromatic carbocycles. The summed E-state index contributed by atoms with van der Waals surface area (Å²) < 4.78 is 23.5. The largest absolute Gasteiger partial charge is 0.465 e. The molecule has 0 radical (unpaired) electrons. The van der Waals surface area contributed by atoms with Crippen molar-refractivity contribution in [3.05, 3.63) is 34.6 Å². The fraction of sp³-hybridized carbons (Fsp3) is 0.467. The number of aliphatic hydroxyl groups is 1. The van der Waals surface area contributed by atoms with Crippen molar-refractivity contribution < 1.29 is 28.6 Å². The van der Waals surface area contributed by atoms with Gasteiger partial charge in [0.25, 0.3) is 0 Å². The van der Waals surface area contributed by atoms with Crippen molar-refractivity contribution in [3.63, 3.8) is 0 Å². The molecule has 2 N–H and O–H groups in total. The first-order chi connectivity index (χ1) is 10.2. The van der Waals surface area contributed by atoms with E-state index >= 15 is 0 Å². The zero-order valence-electron chi connectivity index (χ0n) is 13.0. The molecular weight excluding hydrogens is 293 g/mol. The summed E-state index contributed by atoms with van der Waals surface area (Å²) >= 11 is 0. The SMILES string of the molecule is COC(=O)c1cc(F)c(CNC(=O)OC(C)(C)C)cc1CO. The first kappa shape index (κ1) is 17.9. The quantitative estimate of drug-likeness (QED) is 0.832. The number of carbonyl (C=O) groups is 2. The summed E-state index contributed by atoms with van der Waals surface area (Å²) in [7, 11) is 1.17. The fourth-order valence-corrected chi connectivity index (χ4v) is 1.72. The topological polar surface area (TPSA) is 84.9 Å². The summed E-state index contributed by atoms with van der Waals surface area (Å²) in [5.74, 6) is -1.43. The summed E-state index contributed by atoms with van der Waals surface area (Å²) in [4.78, 5) is 23.0. The molecule has 122 valence electrons. The Hall–Kier alpha value is -2.15. The minimum absolute atomic E-state index is 0.0523. The molecule has 0 heterocycles. The van der Waals surface area contributed by atoms with Crippen LogP contribution >= 0.6 is 0 Å². The molecule has 1 amide bonds. The maximum Gasteiger partial charge on any atom is 0.407 e. The Morgan fingerprint density at radius 3 is 2.41 bits per heavy atom. The van der Waals surface area contributed by atoms with Gasteiger partial charge in [-0.25, -0.2) is 14.0 Å². The van der Waals surface area contributed by atoms with Crippen LogP contribution in [0.2, 0.25) is 0 Å². The van der Waals surface area contributed by atoms with E-state index in [1.54, 1.807) is 20.8 Å². The molecular formula is C15H20FNO5. The molecule has 1 aromatic rings. The maximum absolute atomic E-state index is 14.0. The molecule has 7 heteroatoms. The van der Waals surface area contributed by atoms with Gasteiger partial charge in [0.1, 0.15) is 11.4 Å². The Kier molecular flexibility index (Phi) is 5.87. The van der Waals surface area contributed by atoms with Crippen molar-refractivity contribution in [2.45, 2.75) is 39.5 Å². The van der Waals surface area contributed by atoms with E-state index in [1.165, 1.54) is 13.2 Å². The van der Waals surface area contributed by atoms with E-state index in [9.17, 15) is 19.1 Å². The number of halogens is 1. The van der Waals surface area contributed by atoms with E-state index in [0.717, 1.165) is 6.07 Å². The number of esters is 1. The minimum Gasteiger partial charge on any atom is -0.465 e. The van der Waals surface area contributed by atoms with Crippen molar-refractivity contribution in [3.8, 4) is 0 Å². The van der Waals surface area contributed by atoms with Crippen molar-refractivity contribution in [2.75, 3.05) is 7.11 Å². The molecule has 0 fully saturated rings. The van der Waals surface area contributed by atoms with Gasteiger partial charge in [-0.15, -0.1) is 0 Å². The fourth-order valence-electron chi connectivity index (χ4n) is 1.72. The first-order valence-electron chi connectivity index (χ1n) is 6.65. The molecule has 0 saturated heterocycles. The lowest BCUT2D eigenvalue weighted by atomic mass is 10.0. The second-order valence-electron chi connectivity index (χ2n) is 5.61. The highest BCUT2D eigenvalue weighted by Crippen LogP contribution is 2.18. The summed E-state index contributed by atoms with van der Waals surface area (Å²) in [5.41, 5.74) is -0.367. The Morgan fingerprint density at radius 2 is 1.91 bits per heavy atom. The molecule has 0 aliphatic heterocycles. The smallest absolute Gasteiger partial charge is 0.407 e. The zero-order valence-corrected chi connectivity index (χ0v) is 13.0. The number of carbonyl (C=O) groups excluding carboxylic acids is 2. The molecule has 1 rings (SSSR count). The number of hydrogen-bond donors (Lipinski definition) is 2. The second kappa shape index (κ2) is 7.22. The molecule has 0 saturated carbocycles. The average Bonchev–Trinajstić information content (AvgIpc) is 2.42. The number of alkyl carbamates (subject to hydrolysis) is 1. The van der Waals surface area contributed by atoms with Crippen LogP contribution in [0.4, 0.5) is 9.18 Å². The monoisotopic (exact) mass is 313 g/mol. The molecule has 0 aromatic heterocycles. The van der Waals surface area contributed by atoms with E-state index in [4.69, 9.17) is 4.74 Å². The number of nitrogens with one attached hydrogen (secondary N) is 1. The van der Waals surface area contributed by atoms with Crippen molar-refractivity contribution >= 4 is 12.1 Å². The Morgan fingerprint density at radius 1 is 1.27 bits per heavy atom. The van der Waals surface area contributed by atoms with Crippen molar-refractivity contribution in [1.29, 1.82) is 0 Å². The Labute approximate surface area is 128 Å². The minimum atomic E-state index is -0.741. The normalized spacial score (nSPS) is 11.0. The average molecular weight is 313 g/mol. The molecule has 0 bridgehead atoms. The van der Waals surface area contributed by atoms with Crippen LogP contribution in [0.3, 0.4) is 0 Å². The summed E-state index contributed by atoms with van der Waals surface area (Å²) in [6.07, 6.45) is -0.686. The second-order valence-corrected chi connectivity index (χ2v) is 5.61. The molecule has 0 aliphatic rings. The molecule has 0 spiro atoms. The Balaban J connectivity index is 2.88. The summed E-state index contributed by atoms with van der Waals surface area (Å²) in [6.45, 7) is 4.55. The van der Waals surface area contributed by atoms with Crippen LogP contribution in [0.25, 0.3) is 0 Å². The number of ether oxygens (including phenoxy) is 2. The van der Waals surface area contributed by atoms with Crippen molar-refractivity contribution in [1.82, 2.24) is 5.32 Å². The van der Waals surface area contributed by atoms with Crippen LogP contribution in [-0.2, 0) is 22.6 Å². The number of rotatable bonds is 4. The van der Waals surface area contributed by atoms with Crippen molar-refractivity contribution in [2.24, 2.45) is 0 Å².